The number of rotatable bonds is 4. The third-order valence-electron chi connectivity index (χ3n) is 4.26. The number of aryl methyl sites for hydroxylation is 4. The Morgan fingerprint density at radius 1 is 1.04 bits per heavy atom. The predicted octanol–water partition coefficient (Wildman–Crippen LogP) is 4.69. The van der Waals surface area contributed by atoms with Gasteiger partial charge in [-0.3, -0.25) is 4.79 Å². The van der Waals surface area contributed by atoms with E-state index in [-0.39, 0.29) is 5.57 Å². The van der Waals surface area contributed by atoms with Gasteiger partial charge in [0, 0.05) is 17.6 Å². The first-order valence-corrected chi connectivity index (χ1v) is 8.15. The molecule has 0 heterocycles. The first-order chi connectivity index (χ1) is 11.8. The van der Waals surface area contributed by atoms with Crippen LogP contribution in [0.5, 0.6) is 0 Å². The minimum Gasteiger partial charge on any atom is -0.360 e. The van der Waals surface area contributed by atoms with Crippen LogP contribution < -0.4 is 10.6 Å². The van der Waals surface area contributed by atoms with Crippen molar-refractivity contribution < 1.29 is 4.79 Å². The molecule has 128 valence electrons. The summed E-state index contributed by atoms with van der Waals surface area (Å²) in [5.41, 5.74) is 6.98. The number of carbonyl (C=O) groups is 1. The lowest BCUT2D eigenvalue weighted by Crippen LogP contribution is -2.16. The average molecular weight is 333 g/mol. The topological polar surface area (TPSA) is 64.9 Å². The fourth-order valence-electron chi connectivity index (χ4n) is 2.76. The van der Waals surface area contributed by atoms with Gasteiger partial charge in [-0.1, -0.05) is 29.8 Å². The first kappa shape index (κ1) is 18.3. The standard InChI is InChI=1S/C21H23N3O/c1-13-9-15(3)20(16(4)10-13)24-21(25)18(11-22)12-23-19-8-6-7-14(2)17(19)5/h6-10,12,23H,1-5H3,(H,24,25)/b18-12-. The second kappa shape index (κ2) is 7.67. The number of hydrogen-bond acceptors (Lipinski definition) is 3. The van der Waals surface area contributed by atoms with Crippen molar-refractivity contribution in [1.82, 2.24) is 0 Å². The van der Waals surface area contributed by atoms with Crippen LogP contribution in [-0.2, 0) is 4.79 Å². The average Bonchev–Trinajstić information content (AvgIpc) is 2.55. The Hall–Kier alpha value is -3.06. The Balaban J connectivity index is 2.22. The lowest BCUT2D eigenvalue weighted by Gasteiger charge is -2.13. The molecular formula is C21H23N3O. The SMILES string of the molecule is Cc1cc(C)c(NC(=O)/C(C#N)=C\Nc2cccc(C)c2C)c(C)c1. The molecule has 25 heavy (non-hydrogen) atoms. The van der Waals surface area contributed by atoms with E-state index in [1.165, 1.54) is 6.20 Å². The van der Waals surface area contributed by atoms with Crippen molar-refractivity contribution in [3.63, 3.8) is 0 Å². The lowest BCUT2D eigenvalue weighted by atomic mass is 10.0. The number of nitrogens with zero attached hydrogens (tertiary/aromatic N) is 1. The number of carbonyl (C=O) groups excluding carboxylic acids is 1. The Bertz CT molecular complexity index is 865. The highest BCUT2D eigenvalue weighted by atomic mass is 16.1. The van der Waals surface area contributed by atoms with Crippen molar-refractivity contribution >= 4 is 17.3 Å². The summed E-state index contributed by atoms with van der Waals surface area (Å²) in [4.78, 5) is 12.5. The van der Waals surface area contributed by atoms with Gasteiger partial charge in [-0.15, -0.1) is 0 Å². The van der Waals surface area contributed by atoms with Crippen LogP contribution in [0.25, 0.3) is 0 Å². The van der Waals surface area contributed by atoms with Gasteiger partial charge in [-0.05, 0) is 62.9 Å². The van der Waals surface area contributed by atoms with Crippen LogP contribution in [0.3, 0.4) is 0 Å². The summed E-state index contributed by atoms with van der Waals surface area (Å²) < 4.78 is 0. The maximum atomic E-state index is 12.5. The molecule has 0 aliphatic heterocycles. The molecule has 4 heteroatoms. The van der Waals surface area contributed by atoms with Crippen molar-refractivity contribution in [3.05, 3.63) is 69.9 Å². The summed E-state index contributed by atoms with van der Waals surface area (Å²) in [6, 6.07) is 11.8. The molecule has 0 fully saturated rings. The zero-order valence-electron chi connectivity index (χ0n) is 15.3. The maximum Gasteiger partial charge on any atom is 0.267 e. The van der Waals surface area contributed by atoms with Crippen LogP contribution in [0.2, 0.25) is 0 Å². The van der Waals surface area contributed by atoms with Gasteiger partial charge in [0.1, 0.15) is 11.6 Å². The second-order valence-electron chi connectivity index (χ2n) is 6.29. The first-order valence-electron chi connectivity index (χ1n) is 8.15. The summed E-state index contributed by atoms with van der Waals surface area (Å²) in [6.07, 6.45) is 1.45. The summed E-state index contributed by atoms with van der Waals surface area (Å²) >= 11 is 0. The molecule has 1 amide bonds. The number of nitrogens with one attached hydrogen (secondary N) is 2. The van der Waals surface area contributed by atoms with Gasteiger partial charge in [-0.2, -0.15) is 5.26 Å². The molecule has 0 aliphatic carbocycles. The van der Waals surface area contributed by atoms with E-state index in [9.17, 15) is 10.1 Å². The highest BCUT2D eigenvalue weighted by Crippen LogP contribution is 2.23. The Kier molecular flexibility index (Phi) is 5.61. The van der Waals surface area contributed by atoms with E-state index in [1.54, 1.807) is 0 Å². The van der Waals surface area contributed by atoms with E-state index >= 15 is 0 Å². The van der Waals surface area contributed by atoms with Gasteiger partial charge in [-0.25, -0.2) is 0 Å². The molecule has 0 unspecified atom stereocenters. The third-order valence-corrected chi connectivity index (χ3v) is 4.26. The second-order valence-corrected chi connectivity index (χ2v) is 6.29. The number of benzene rings is 2. The number of amides is 1. The van der Waals surface area contributed by atoms with Crippen LogP contribution in [0.1, 0.15) is 27.8 Å². The molecule has 2 rings (SSSR count). The molecule has 2 aromatic rings. The number of nitriles is 1. The summed E-state index contributed by atoms with van der Waals surface area (Å²) in [6.45, 7) is 9.92. The summed E-state index contributed by atoms with van der Waals surface area (Å²) in [5.74, 6) is -0.421. The van der Waals surface area contributed by atoms with E-state index in [1.807, 2.05) is 71.0 Å². The van der Waals surface area contributed by atoms with Crippen molar-refractivity contribution in [3.8, 4) is 6.07 Å². The molecule has 0 atom stereocenters. The highest BCUT2D eigenvalue weighted by Gasteiger charge is 2.13. The Morgan fingerprint density at radius 2 is 1.68 bits per heavy atom. The van der Waals surface area contributed by atoms with Gasteiger partial charge in [0.2, 0.25) is 0 Å². The van der Waals surface area contributed by atoms with Gasteiger partial charge >= 0.3 is 0 Å². The van der Waals surface area contributed by atoms with Crippen LogP contribution in [0.4, 0.5) is 11.4 Å². The quantitative estimate of drug-likeness (QED) is 0.630. The zero-order valence-corrected chi connectivity index (χ0v) is 15.3. The molecule has 0 bridgehead atoms. The monoisotopic (exact) mass is 333 g/mol. The maximum absolute atomic E-state index is 12.5. The minimum atomic E-state index is -0.421. The van der Waals surface area contributed by atoms with E-state index in [4.69, 9.17) is 0 Å². The Morgan fingerprint density at radius 3 is 2.28 bits per heavy atom. The summed E-state index contributed by atoms with van der Waals surface area (Å²) in [5, 5.41) is 15.3. The Labute approximate surface area is 149 Å². The number of anilines is 2. The van der Waals surface area contributed by atoms with E-state index < -0.39 is 5.91 Å². The fourth-order valence-corrected chi connectivity index (χ4v) is 2.76. The van der Waals surface area contributed by atoms with Crippen molar-refractivity contribution in [2.45, 2.75) is 34.6 Å². The van der Waals surface area contributed by atoms with Crippen LogP contribution in [-0.4, -0.2) is 5.91 Å². The third kappa shape index (κ3) is 4.27. The number of hydrogen-bond donors (Lipinski definition) is 2. The largest absolute Gasteiger partial charge is 0.360 e. The van der Waals surface area contributed by atoms with Crippen LogP contribution >= 0.6 is 0 Å². The van der Waals surface area contributed by atoms with E-state index in [0.29, 0.717) is 0 Å². The van der Waals surface area contributed by atoms with Crippen molar-refractivity contribution in [1.29, 1.82) is 5.26 Å². The molecule has 2 N–H and O–H groups in total. The molecule has 0 aromatic heterocycles. The molecular weight excluding hydrogens is 310 g/mol. The van der Waals surface area contributed by atoms with Gasteiger partial charge in [0.25, 0.3) is 5.91 Å². The van der Waals surface area contributed by atoms with E-state index in [0.717, 1.165) is 39.2 Å². The normalized spacial score (nSPS) is 11.0. The predicted molar refractivity (Wildman–Crippen MR) is 103 cm³/mol. The van der Waals surface area contributed by atoms with Crippen LogP contribution in [0, 0.1) is 45.9 Å². The summed E-state index contributed by atoms with van der Waals surface area (Å²) in [7, 11) is 0. The smallest absolute Gasteiger partial charge is 0.267 e. The lowest BCUT2D eigenvalue weighted by molar-refractivity contribution is -0.112. The molecule has 0 saturated heterocycles. The van der Waals surface area contributed by atoms with E-state index in [2.05, 4.69) is 10.6 Å². The molecule has 2 aromatic carbocycles. The highest BCUT2D eigenvalue weighted by molar-refractivity contribution is 6.07. The molecule has 0 radical (unpaired) electrons. The minimum absolute atomic E-state index is 0.0280. The molecule has 0 aliphatic rings. The van der Waals surface area contributed by atoms with Crippen LogP contribution in [0.15, 0.2) is 42.1 Å². The van der Waals surface area contributed by atoms with Gasteiger partial charge in [0.15, 0.2) is 0 Å². The van der Waals surface area contributed by atoms with Gasteiger partial charge < -0.3 is 10.6 Å². The van der Waals surface area contributed by atoms with Crippen molar-refractivity contribution in [2.75, 3.05) is 10.6 Å². The molecule has 4 nitrogen and oxygen atoms in total. The van der Waals surface area contributed by atoms with Gasteiger partial charge in [0.05, 0.1) is 0 Å². The zero-order chi connectivity index (χ0) is 18.6. The van der Waals surface area contributed by atoms with Crippen molar-refractivity contribution in [2.24, 2.45) is 0 Å². The molecule has 0 spiro atoms. The fraction of sp³-hybridized carbons (Fsp3) is 0.238. The molecule has 0 saturated carbocycles.